The van der Waals surface area contributed by atoms with Gasteiger partial charge in [-0.1, -0.05) is 0 Å². The molecule has 6 nitrogen and oxygen atoms in total. The van der Waals surface area contributed by atoms with Gasteiger partial charge < -0.3 is 19.8 Å². The average Bonchev–Trinajstić information content (AvgIpc) is 2.98. The van der Waals surface area contributed by atoms with Crippen LogP contribution in [-0.4, -0.2) is 34.3 Å². The lowest BCUT2D eigenvalue weighted by Gasteiger charge is -2.19. The summed E-state index contributed by atoms with van der Waals surface area (Å²) in [5.74, 6) is 2.35. The molecule has 4 rings (SSSR count). The number of nitrogens with two attached hydrogens (primary N) is 1. The molecule has 0 amide bonds. The second kappa shape index (κ2) is 5.55. The summed E-state index contributed by atoms with van der Waals surface area (Å²) < 4.78 is 13.5. The summed E-state index contributed by atoms with van der Waals surface area (Å²) in [7, 11) is 0. The quantitative estimate of drug-likeness (QED) is 0.804. The number of aromatic nitrogens is 3. The summed E-state index contributed by atoms with van der Waals surface area (Å²) in [6.45, 7) is 3.73. The minimum atomic E-state index is 0.109. The number of rotatable bonds is 3. The number of hydrogen-bond donors (Lipinski definition) is 1. The molecule has 1 unspecified atom stereocenters. The van der Waals surface area contributed by atoms with E-state index >= 15 is 0 Å². The van der Waals surface area contributed by atoms with Crippen molar-refractivity contribution < 1.29 is 9.47 Å². The Balaban J connectivity index is 1.98. The third-order valence-corrected chi connectivity index (χ3v) is 4.06. The maximum absolute atomic E-state index is 5.92. The Morgan fingerprint density at radius 2 is 2.04 bits per heavy atom. The number of ether oxygens (including phenoxy) is 2. The first-order chi connectivity index (χ1) is 11.3. The molecule has 118 valence electrons. The maximum atomic E-state index is 5.92. The fourth-order valence-electron chi connectivity index (χ4n) is 2.88. The zero-order valence-electron chi connectivity index (χ0n) is 12.9. The van der Waals surface area contributed by atoms with Crippen molar-refractivity contribution in [2.75, 3.05) is 19.8 Å². The lowest BCUT2D eigenvalue weighted by Crippen LogP contribution is -2.17. The van der Waals surface area contributed by atoms with Crippen LogP contribution < -0.4 is 15.2 Å². The summed E-state index contributed by atoms with van der Waals surface area (Å²) in [5, 5.41) is 0. The highest BCUT2D eigenvalue weighted by Crippen LogP contribution is 2.37. The molecule has 1 atom stereocenters. The van der Waals surface area contributed by atoms with Crippen LogP contribution in [0.3, 0.4) is 0 Å². The normalized spacial score (nSPS) is 14.9. The predicted molar refractivity (Wildman–Crippen MR) is 87.7 cm³/mol. The van der Waals surface area contributed by atoms with E-state index in [4.69, 9.17) is 20.2 Å². The number of fused-ring (bicyclic) bond motifs is 2. The van der Waals surface area contributed by atoms with Crippen molar-refractivity contribution in [3.05, 3.63) is 36.7 Å². The van der Waals surface area contributed by atoms with Gasteiger partial charge in [0.15, 0.2) is 11.5 Å². The van der Waals surface area contributed by atoms with Gasteiger partial charge in [-0.05, 0) is 19.1 Å². The lowest BCUT2D eigenvalue weighted by molar-refractivity contribution is 0.172. The number of benzene rings is 1. The van der Waals surface area contributed by atoms with Crippen LogP contribution in [-0.2, 0) is 0 Å². The molecule has 3 aromatic rings. The molecule has 0 bridgehead atoms. The van der Waals surface area contributed by atoms with E-state index in [1.807, 2.05) is 30.5 Å². The highest BCUT2D eigenvalue weighted by atomic mass is 16.6. The molecule has 0 saturated carbocycles. The van der Waals surface area contributed by atoms with Crippen LogP contribution in [0.5, 0.6) is 11.5 Å². The predicted octanol–water partition coefficient (Wildman–Crippen LogP) is 2.39. The Morgan fingerprint density at radius 1 is 1.26 bits per heavy atom. The van der Waals surface area contributed by atoms with E-state index in [1.165, 1.54) is 0 Å². The van der Waals surface area contributed by atoms with Gasteiger partial charge in [-0.2, -0.15) is 0 Å². The van der Waals surface area contributed by atoms with Crippen LogP contribution >= 0.6 is 0 Å². The third kappa shape index (κ3) is 2.31. The van der Waals surface area contributed by atoms with Crippen molar-refractivity contribution in [1.82, 2.24) is 14.5 Å². The van der Waals surface area contributed by atoms with Crippen molar-refractivity contribution >= 4 is 11.0 Å². The first-order valence-electron chi connectivity index (χ1n) is 7.70. The molecule has 2 aromatic heterocycles. The molecule has 1 aromatic carbocycles. The van der Waals surface area contributed by atoms with Gasteiger partial charge in [0, 0.05) is 42.7 Å². The van der Waals surface area contributed by atoms with Gasteiger partial charge in [-0.3, -0.25) is 4.98 Å². The van der Waals surface area contributed by atoms with Crippen molar-refractivity contribution in [1.29, 1.82) is 0 Å². The Kier molecular flexibility index (Phi) is 3.38. The molecular formula is C17H18N4O2. The van der Waals surface area contributed by atoms with Crippen LogP contribution in [0.2, 0.25) is 0 Å². The molecule has 0 radical (unpaired) electrons. The minimum absolute atomic E-state index is 0.109. The summed E-state index contributed by atoms with van der Waals surface area (Å²) >= 11 is 0. The fourth-order valence-corrected chi connectivity index (χ4v) is 2.88. The van der Waals surface area contributed by atoms with Crippen LogP contribution in [0, 0.1) is 0 Å². The highest BCUT2D eigenvalue weighted by molar-refractivity contribution is 5.84. The number of pyridine rings is 1. The van der Waals surface area contributed by atoms with Gasteiger partial charge >= 0.3 is 0 Å². The van der Waals surface area contributed by atoms with Crippen molar-refractivity contribution in [2.45, 2.75) is 13.0 Å². The third-order valence-electron chi connectivity index (χ3n) is 4.06. The average molecular weight is 310 g/mol. The first kappa shape index (κ1) is 14.0. The maximum Gasteiger partial charge on any atom is 0.163 e. The summed E-state index contributed by atoms with van der Waals surface area (Å²) in [4.78, 5) is 8.99. The zero-order valence-corrected chi connectivity index (χ0v) is 12.9. The Morgan fingerprint density at radius 3 is 2.74 bits per heavy atom. The summed E-state index contributed by atoms with van der Waals surface area (Å²) in [6, 6.07) is 7.94. The molecule has 2 N–H and O–H groups in total. The van der Waals surface area contributed by atoms with E-state index in [2.05, 4.69) is 16.5 Å². The van der Waals surface area contributed by atoms with Crippen LogP contribution in [0.4, 0.5) is 0 Å². The molecule has 0 saturated heterocycles. The smallest absolute Gasteiger partial charge is 0.163 e. The van der Waals surface area contributed by atoms with E-state index in [0.29, 0.717) is 19.8 Å². The van der Waals surface area contributed by atoms with Crippen molar-refractivity contribution in [2.24, 2.45) is 5.73 Å². The Hall–Kier alpha value is -2.60. The molecule has 23 heavy (non-hydrogen) atoms. The number of nitrogens with zero attached hydrogens (tertiary/aromatic N) is 3. The fraction of sp³-hybridized carbons (Fsp3) is 0.294. The van der Waals surface area contributed by atoms with Gasteiger partial charge in [0.2, 0.25) is 0 Å². The molecule has 6 heteroatoms. The Bertz CT molecular complexity index is 845. The standard InChI is InChI=1S/C17H18N4O2/c1-11(9-18)21-14-8-16-15(22-5-6-23-16)7-13(14)20-17(21)12-3-2-4-19-10-12/h2-4,7-8,10-11H,5-6,9,18H2,1H3. The van der Waals surface area contributed by atoms with Crippen LogP contribution in [0.1, 0.15) is 13.0 Å². The molecule has 3 heterocycles. The second-order valence-electron chi connectivity index (χ2n) is 5.62. The largest absolute Gasteiger partial charge is 0.486 e. The van der Waals surface area contributed by atoms with E-state index in [0.717, 1.165) is 33.9 Å². The Labute approximate surface area is 133 Å². The molecule has 1 aliphatic rings. The summed E-state index contributed by atoms with van der Waals surface area (Å²) in [5.41, 5.74) is 8.74. The lowest BCUT2D eigenvalue weighted by atomic mass is 10.2. The van der Waals surface area contributed by atoms with Gasteiger partial charge in [-0.25, -0.2) is 4.98 Å². The zero-order chi connectivity index (χ0) is 15.8. The van der Waals surface area contributed by atoms with Gasteiger partial charge in [0.1, 0.15) is 19.0 Å². The minimum Gasteiger partial charge on any atom is -0.486 e. The highest BCUT2D eigenvalue weighted by Gasteiger charge is 2.21. The SMILES string of the molecule is CC(CN)n1c(-c2cccnc2)nc2cc3c(cc21)OCCO3. The number of imidazole rings is 1. The molecule has 1 aliphatic heterocycles. The second-order valence-corrected chi connectivity index (χ2v) is 5.62. The summed E-state index contributed by atoms with van der Waals surface area (Å²) in [6.07, 6.45) is 3.57. The van der Waals surface area contributed by atoms with Gasteiger partial charge in [-0.15, -0.1) is 0 Å². The molecule has 0 aliphatic carbocycles. The monoisotopic (exact) mass is 310 g/mol. The molecular weight excluding hydrogens is 292 g/mol. The topological polar surface area (TPSA) is 75.2 Å². The van der Waals surface area contributed by atoms with Gasteiger partial charge in [0.05, 0.1) is 11.0 Å². The van der Waals surface area contributed by atoms with E-state index in [9.17, 15) is 0 Å². The molecule has 0 fully saturated rings. The number of hydrogen-bond acceptors (Lipinski definition) is 5. The van der Waals surface area contributed by atoms with E-state index in [1.54, 1.807) is 6.20 Å². The van der Waals surface area contributed by atoms with Crippen molar-refractivity contribution in [3.8, 4) is 22.9 Å². The first-order valence-corrected chi connectivity index (χ1v) is 7.70. The molecule has 0 spiro atoms. The van der Waals surface area contributed by atoms with Crippen LogP contribution in [0.25, 0.3) is 22.4 Å². The van der Waals surface area contributed by atoms with Crippen LogP contribution in [0.15, 0.2) is 36.7 Å². The van der Waals surface area contributed by atoms with Gasteiger partial charge in [0.25, 0.3) is 0 Å². The van der Waals surface area contributed by atoms with E-state index in [-0.39, 0.29) is 6.04 Å². The van der Waals surface area contributed by atoms with E-state index < -0.39 is 0 Å². The van der Waals surface area contributed by atoms with Crippen molar-refractivity contribution in [3.63, 3.8) is 0 Å².